The van der Waals surface area contributed by atoms with Crippen LogP contribution in [0.3, 0.4) is 0 Å². The molecule has 2 aliphatic heterocycles. The van der Waals surface area contributed by atoms with Crippen LogP contribution in [0.25, 0.3) is 0 Å². The first-order chi connectivity index (χ1) is 8.33. The van der Waals surface area contributed by atoms with Crippen LogP contribution in [0.2, 0.25) is 0 Å². The van der Waals surface area contributed by atoms with E-state index in [0.29, 0.717) is 0 Å². The van der Waals surface area contributed by atoms with Gasteiger partial charge >= 0.3 is 0 Å². The predicted octanol–water partition coefficient (Wildman–Crippen LogP) is 1.97. The van der Waals surface area contributed by atoms with Crippen molar-refractivity contribution < 1.29 is 4.74 Å². The van der Waals surface area contributed by atoms with Gasteiger partial charge < -0.3 is 9.64 Å². The summed E-state index contributed by atoms with van der Waals surface area (Å²) in [6, 6.07) is 9.30. The molecule has 3 nitrogen and oxygen atoms in total. The number of hydrogen-bond donors (Lipinski definition) is 0. The molecular weight excluding hydrogens is 280 g/mol. The lowest BCUT2D eigenvalue weighted by atomic mass is 10.1. The third kappa shape index (κ3) is 2.49. The molecule has 0 spiro atoms. The Morgan fingerprint density at radius 2 is 1.71 bits per heavy atom. The molecule has 0 aliphatic carbocycles. The van der Waals surface area contributed by atoms with E-state index in [1.165, 1.54) is 5.69 Å². The molecule has 92 valence electrons. The summed E-state index contributed by atoms with van der Waals surface area (Å²) in [6.45, 7) is 6.30. The maximum absolute atomic E-state index is 5.38. The Morgan fingerprint density at radius 1 is 1.06 bits per heavy atom. The van der Waals surface area contributed by atoms with Crippen molar-refractivity contribution >= 4 is 21.6 Å². The van der Waals surface area contributed by atoms with E-state index in [4.69, 9.17) is 4.74 Å². The number of morpholine rings is 1. The van der Waals surface area contributed by atoms with Crippen molar-refractivity contribution in [2.24, 2.45) is 0 Å². The van der Waals surface area contributed by atoms with Crippen molar-refractivity contribution in [3.8, 4) is 0 Å². The van der Waals surface area contributed by atoms with E-state index >= 15 is 0 Å². The Kier molecular flexibility index (Phi) is 3.36. The molecule has 2 saturated heterocycles. The van der Waals surface area contributed by atoms with E-state index < -0.39 is 0 Å². The van der Waals surface area contributed by atoms with E-state index in [9.17, 15) is 0 Å². The minimum Gasteiger partial charge on any atom is -0.379 e. The largest absolute Gasteiger partial charge is 0.379 e. The van der Waals surface area contributed by atoms with Gasteiger partial charge in [0, 0.05) is 42.4 Å². The molecule has 0 atom stereocenters. The predicted molar refractivity (Wildman–Crippen MR) is 72.5 cm³/mol. The van der Waals surface area contributed by atoms with Crippen molar-refractivity contribution in [3.63, 3.8) is 0 Å². The number of halogens is 1. The molecule has 2 fully saturated rings. The molecule has 2 heterocycles. The van der Waals surface area contributed by atoms with E-state index in [1.807, 2.05) is 0 Å². The van der Waals surface area contributed by atoms with Crippen LogP contribution in [0.15, 0.2) is 28.7 Å². The molecule has 0 radical (unpaired) electrons. The van der Waals surface area contributed by atoms with Gasteiger partial charge in [0.25, 0.3) is 0 Å². The van der Waals surface area contributed by atoms with Crippen LogP contribution >= 0.6 is 15.9 Å². The maximum Gasteiger partial charge on any atom is 0.0594 e. The summed E-state index contributed by atoms with van der Waals surface area (Å²) in [5.41, 5.74) is 1.33. The van der Waals surface area contributed by atoms with Crippen molar-refractivity contribution in [3.05, 3.63) is 28.7 Å². The Hall–Kier alpha value is -0.580. The third-order valence-electron chi connectivity index (χ3n) is 3.62. The van der Waals surface area contributed by atoms with E-state index in [0.717, 1.165) is 49.9 Å². The summed E-state index contributed by atoms with van der Waals surface area (Å²) >= 11 is 3.47. The fraction of sp³-hybridized carbons (Fsp3) is 0.538. The minimum atomic E-state index is 0.725. The van der Waals surface area contributed by atoms with Gasteiger partial charge in [-0.05, 0) is 24.3 Å². The highest BCUT2D eigenvalue weighted by Gasteiger charge is 2.32. The normalized spacial score (nSPS) is 22.5. The molecule has 0 aromatic heterocycles. The first-order valence-corrected chi connectivity index (χ1v) is 6.94. The van der Waals surface area contributed by atoms with E-state index in [-0.39, 0.29) is 0 Å². The van der Waals surface area contributed by atoms with Crippen molar-refractivity contribution in [1.29, 1.82) is 0 Å². The summed E-state index contributed by atoms with van der Waals surface area (Å²) < 4.78 is 6.53. The highest BCUT2D eigenvalue weighted by Crippen LogP contribution is 2.25. The highest BCUT2D eigenvalue weighted by atomic mass is 79.9. The summed E-state index contributed by atoms with van der Waals surface area (Å²) in [5.74, 6) is 0. The molecule has 17 heavy (non-hydrogen) atoms. The number of nitrogens with zero attached hydrogens (tertiary/aromatic N) is 2. The van der Waals surface area contributed by atoms with E-state index in [2.05, 4.69) is 50.0 Å². The van der Waals surface area contributed by atoms with Gasteiger partial charge in [0.1, 0.15) is 0 Å². The topological polar surface area (TPSA) is 15.7 Å². The first kappa shape index (κ1) is 11.5. The molecule has 1 aromatic rings. The van der Waals surface area contributed by atoms with Gasteiger partial charge in [-0.2, -0.15) is 0 Å². The Morgan fingerprint density at radius 3 is 2.35 bits per heavy atom. The van der Waals surface area contributed by atoms with Gasteiger partial charge in [0.2, 0.25) is 0 Å². The van der Waals surface area contributed by atoms with Gasteiger partial charge in [0.15, 0.2) is 0 Å². The standard InChI is InChI=1S/C13H17BrN2O/c14-11-1-3-12(4-2-11)16-9-13(10-16)15-5-7-17-8-6-15/h1-4,13H,5-10H2. The second-order valence-electron chi connectivity index (χ2n) is 4.68. The zero-order valence-electron chi connectivity index (χ0n) is 9.81. The second kappa shape index (κ2) is 4.96. The number of anilines is 1. The average molecular weight is 297 g/mol. The summed E-state index contributed by atoms with van der Waals surface area (Å²) in [7, 11) is 0. The molecule has 0 amide bonds. The van der Waals surface area contributed by atoms with Crippen LogP contribution in [0.1, 0.15) is 0 Å². The molecule has 0 bridgehead atoms. The molecule has 2 aliphatic rings. The highest BCUT2D eigenvalue weighted by molar-refractivity contribution is 9.10. The number of hydrogen-bond acceptors (Lipinski definition) is 3. The number of ether oxygens (including phenoxy) is 1. The number of benzene rings is 1. The van der Waals surface area contributed by atoms with Crippen LogP contribution < -0.4 is 4.90 Å². The van der Waals surface area contributed by atoms with Crippen molar-refractivity contribution in [1.82, 2.24) is 4.90 Å². The Balaban J connectivity index is 1.55. The monoisotopic (exact) mass is 296 g/mol. The number of rotatable bonds is 2. The molecule has 0 N–H and O–H groups in total. The van der Waals surface area contributed by atoms with Crippen LogP contribution in [0.5, 0.6) is 0 Å². The van der Waals surface area contributed by atoms with Crippen LogP contribution in [-0.4, -0.2) is 50.3 Å². The fourth-order valence-corrected chi connectivity index (χ4v) is 2.76. The Bertz CT molecular complexity index is 370. The SMILES string of the molecule is Brc1ccc(N2CC(N3CCOCC3)C2)cc1. The van der Waals surface area contributed by atoms with Gasteiger partial charge in [-0.25, -0.2) is 0 Å². The van der Waals surface area contributed by atoms with Gasteiger partial charge in [-0.15, -0.1) is 0 Å². The molecule has 0 saturated carbocycles. The van der Waals surface area contributed by atoms with E-state index in [1.54, 1.807) is 0 Å². The minimum absolute atomic E-state index is 0.725. The third-order valence-corrected chi connectivity index (χ3v) is 4.14. The van der Waals surface area contributed by atoms with Crippen LogP contribution in [0, 0.1) is 0 Å². The molecule has 1 aromatic carbocycles. The summed E-state index contributed by atoms with van der Waals surface area (Å²) in [5, 5.41) is 0. The first-order valence-electron chi connectivity index (χ1n) is 6.15. The van der Waals surface area contributed by atoms with Gasteiger partial charge in [0.05, 0.1) is 13.2 Å². The maximum atomic E-state index is 5.38. The smallest absolute Gasteiger partial charge is 0.0594 e. The van der Waals surface area contributed by atoms with Crippen LogP contribution in [-0.2, 0) is 4.74 Å². The average Bonchev–Trinajstić information content (AvgIpc) is 2.31. The fourth-order valence-electron chi connectivity index (χ4n) is 2.49. The van der Waals surface area contributed by atoms with Crippen LogP contribution in [0.4, 0.5) is 5.69 Å². The zero-order chi connectivity index (χ0) is 11.7. The zero-order valence-corrected chi connectivity index (χ0v) is 11.4. The lowest BCUT2D eigenvalue weighted by Crippen LogP contribution is -2.61. The van der Waals surface area contributed by atoms with Gasteiger partial charge in [-0.3, -0.25) is 4.90 Å². The lowest BCUT2D eigenvalue weighted by Gasteiger charge is -2.47. The molecule has 0 unspecified atom stereocenters. The van der Waals surface area contributed by atoms with Crippen molar-refractivity contribution in [2.45, 2.75) is 6.04 Å². The second-order valence-corrected chi connectivity index (χ2v) is 5.60. The van der Waals surface area contributed by atoms with Gasteiger partial charge in [-0.1, -0.05) is 15.9 Å². The molecule has 3 rings (SSSR count). The quantitative estimate of drug-likeness (QED) is 0.830. The van der Waals surface area contributed by atoms with Crippen molar-refractivity contribution in [2.75, 3.05) is 44.3 Å². The Labute approximate surface area is 110 Å². The lowest BCUT2D eigenvalue weighted by molar-refractivity contribution is 0.0105. The summed E-state index contributed by atoms with van der Waals surface area (Å²) in [4.78, 5) is 4.99. The molecule has 4 heteroatoms. The summed E-state index contributed by atoms with van der Waals surface area (Å²) in [6.07, 6.45) is 0. The molecular formula is C13H17BrN2O.